The first-order chi connectivity index (χ1) is 7.72. The molecule has 0 spiro atoms. The van der Waals surface area contributed by atoms with Crippen molar-refractivity contribution in [3.8, 4) is 0 Å². The maximum atomic E-state index is 11.8. The number of aromatic nitrogens is 2. The summed E-state index contributed by atoms with van der Waals surface area (Å²) < 4.78 is 8.53. The summed E-state index contributed by atoms with van der Waals surface area (Å²) in [6, 6.07) is 0.181. The first-order valence-corrected chi connectivity index (χ1v) is 5.70. The predicted molar refractivity (Wildman–Crippen MR) is 63.7 cm³/mol. The summed E-state index contributed by atoms with van der Waals surface area (Å²) in [6.07, 6.45) is 3.64. The van der Waals surface area contributed by atoms with Gasteiger partial charge in [0.25, 0.3) is 0 Å². The van der Waals surface area contributed by atoms with Gasteiger partial charge in [-0.3, -0.25) is 9.13 Å². The second-order valence-corrected chi connectivity index (χ2v) is 3.73. The lowest BCUT2D eigenvalue weighted by Gasteiger charge is -2.16. The van der Waals surface area contributed by atoms with E-state index in [2.05, 4.69) is 5.32 Å². The molecule has 16 heavy (non-hydrogen) atoms. The molecule has 1 atom stereocenters. The molecule has 0 bridgehead atoms. The molecule has 1 rings (SSSR count). The van der Waals surface area contributed by atoms with E-state index in [4.69, 9.17) is 4.74 Å². The van der Waals surface area contributed by atoms with Gasteiger partial charge in [0.1, 0.15) is 0 Å². The molecule has 5 heteroatoms. The van der Waals surface area contributed by atoms with E-state index in [1.54, 1.807) is 16.2 Å². The van der Waals surface area contributed by atoms with Crippen molar-refractivity contribution in [3.63, 3.8) is 0 Å². The van der Waals surface area contributed by atoms with Crippen LogP contribution >= 0.6 is 0 Å². The molecule has 0 radical (unpaired) electrons. The minimum atomic E-state index is 0.0431. The number of rotatable bonds is 7. The number of hydrogen-bond acceptors (Lipinski definition) is 3. The zero-order valence-corrected chi connectivity index (χ0v) is 10.3. The number of hydrogen-bond donors (Lipinski definition) is 1. The van der Waals surface area contributed by atoms with Gasteiger partial charge in [-0.15, -0.1) is 0 Å². The molecule has 0 aliphatic rings. The van der Waals surface area contributed by atoms with E-state index >= 15 is 0 Å². The van der Waals surface area contributed by atoms with E-state index in [0.717, 1.165) is 6.54 Å². The van der Waals surface area contributed by atoms with Crippen LogP contribution in [0.1, 0.15) is 13.8 Å². The van der Waals surface area contributed by atoms with E-state index in [1.807, 2.05) is 26.2 Å². The molecule has 5 nitrogen and oxygen atoms in total. The van der Waals surface area contributed by atoms with Gasteiger partial charge in [0.05, 0.1) is 6.61 Å². The second kappa shape index (κ2) is 6.50. The topological polar surface area (TPSA) is 48.2 Å². The van der Waals surface area contributed by atoms with Gasteiger partial charge >= 0.3 is 5.69 Å². The van der Waals surface area contributed by atoms with Crippen LogP contribution in [0.25, 0.3) is 0 Å². The Morgan fingerprint density at radius 1 is 1.38 bits per heavy atom. The molecule has 1 aromatic rings. The molecule has 92 valence electrons. The van der Waals surface area contributed by atoms with Gasteiger partial charge in [-0.25, -0.2) is 4.79 Å². The molecular weight excluding hydrogens is 206 g/mol. The Kier molecular flexibility index (Phi) is 5.28. The van der Waals surface area contributed by atoms with Crippen LogP contribution < -0.4 is 11.0 Å². The second-order valence-electron chi connectivity index (χ2n) is 3.73. The quantitative estimate of drug-likeness (QED) is 0.728. The van der Waals surface area contributed by atoms with Gasteiger partial charge in [-0.2, -0.15) is 0 Å². The maximum Gasteiger partial charge on any atom is 0.328 e. The fourth-order valence-corrected chi connectivity index (χ4v) is 1.74. The highest BCUT2D eigenvalue weighted by Crippen LogP contribution is 1.92. The highest BCUT2D eigenvalue weighted by molar-refractivity contribution is 4.83. The van der Waals surface area contributed by atoms with Crippen LogP contribution in [0.3, 0.4) is 0 Å². The molecule has 1 N–H and O–H groups in total. The van der Waals surface area contributed by atoms with Crippen molar-refractivity contribution in [2.24, 2.45) is 0 Å². The first kappa shape index (κ1) is 13.0. The van der Waals surface area contributed by atoms with Gasteiger partial charge in [0.2, 0.25) is 0 Å². The monoisotopic (exact) mass is 227 g/mol. The van der Waals surface area contributed by atoms with Gasteiger partial charge in [0, 0.05) is 38.6 Å². The van der Waals surface area contributed by atoms with Crippen molar-refractivity contribution in [2.75, 3.05) is 20.3 Å². The van der Waals surface area contributed by atoms with Crippen molar-refractivity contribution in [2.45, 2.75) is 33.0 Å². The lowest BCUT2D eigenvalue weighted by Crippen LogP contribution is -2.39. The Balaban J connectivity index is 2.69. The third-order valence-electron chi connectivity index (χ3n) is 2.54. The summed E-state index contributed by atoms with van der Waals surface area (Å²) in [5.41, 5.74) is 0.0431. The number of imidazole rings is 1. The molecule has 0 fully saturated rings. The standard InChI is InChI=1S/C11H21N3O2/c1-4-12-10(9-16-3)8-14-7-6-13(5-2)11(14)15/h6-7,10,12H,4-5,8-9H2,1-3H3. The number of aryl methyl sites for hydroxylation is 1. The molecule has 1 aromatic heterocycles. The highest BCUT2D eigenvalue weighted by Gasteiger charge is 2.10. The van der Waals surface area contributed by atoms with Crippen LogP contribution in [-0.2, 0) is 17.8 Å². The largest absolute Gasteiger partial charge is 0.383 e. The smallest absolute Gasteiger partial charge is 0.328 e. The molecule has 0 aliphatic carbocycles. The zero-order chi connectivity index (χ0) is 12.0. The highest BCUT2D eigenvalue weighted by atomic mass is 16.5. The SMILES string of the molecule is CCNC(COC)Cn1ccn(CC)c1=O. The van der Waals surface area contributed by atoms with Crippen molar-refractivity contribution in [3.05, 3.63) is 22.9 Å². The van der Waals surface area contributed by atoms with E-state index < -0.39 is 0 Å². The van der Waals surface area contributed by atoms with Crippen LogP contribution in [0.15, 0.2) is 17.2 Å². The molecule has 1 unspecified atom stereocenters. The van der Waals surface area contributed by atoms with Crippen LogP contribution in [-0.4, -0.2) is 35.4 Å². The summed E-state index contributed by atoms with van der Waals surface area (Å²) in [4.78, 5) is 11.8. The first-order valence-electron chi connectivity index (χ1n) is 5.70. The van der Waals surface area contributed by atoms with Crippen molar-refractivity contribution in [1.82, 2.24) is 14.5 Å². The third-order valence-corrected chi connectivity index (χ3v) is 2.54. The molecule has 0 aromatic carbocycles. The van der Waals surface area contributed by atoms with Crippen molar-refractivity contribution in [1.29, 1.82) is 0 Å². The summed E-state index contributed by atoms with van der Waals surface area (Å²) in [7, 11) is 1.67. The summed E-state index contributed by atoms with van der Waals surface area (Å²) in [5, 5.41) is 3.29. The fraction of sp³-hybridized carbons (Fsp3) is 0.727. The fourth-order valence-electron chi connectivity index (χ4n) is 1.74. The van der Waals surface area contributed by atoms with E-state index in [-0.39, 0.29) is 11.7 Å². The van der Waals surface area contributed by atoms with E-state index in [9.17, 15) is 4.79 Å². The molecular formula is C11H21N3O2. The van der Waals surface area contributed by atoms with Gasteiger partial charge in [0.15, 0.2) is 0 Å². The Morgan fingerprint density at radius 3 is 2.56 bits per heavy atom. The molecule has 0 amide bonds. The minimum absolute atomic E-state index is 0.0431. The van der Waals surface area contributed by atoms with Crippen LogP contribution in [0, 0.1) is 0 Å². The van der Waals surface area contributed by atoms with Gasteiger partial charge in [-0.05, 0) is 13.5 Å². The normalized spacial score (nSPS) is 12.9. The van der Waals surface area contributed by atoms with E-state index in [0.29, 0.717) is 19.7 Å². The van der Waals surface area contributed by atoms with E-state index in [1.165, 1.54) is 0 Å². The van der Waals surface area contributed by atoms with Crippen molar-refractivity contribution < 1.29 is 4.74 Å². The third kappa shape index (κ3) is 3.21. The number of likely N-dealkylation sites (N-methyl/N-ethyl adjacent to an activating group) is 1. The Morgan fingerprint density at radius 2 is 2.06 bits per heavy atom. The molecule has 0 aliphatic heterocycles. The number of methoxy groups -OCH3 is 1. The summed E-state index contributed by atoms with van der Waals surface area (Å²) in [6.45, 7) is 6.84. The van der Waals surface area contributed by atoms with Crippen molar-refractivity contribution >= 4 is 0 Å². The lowest BCUT2D eigenvalue weighted by molar-refractivity contribution is 0.159. The van der Waals surface area contributed by atoms with Gasteiger partial charge in [-0.1, -0.05) is 6.92 Å². The number of nitrogens with one attached hydrogen (secondary N) is 1. The molecule has 0 saturated carbocycles. The summed E-state index contributed by atoms with van der Waals surface area (Å²) in [5.74, 6) is 0. The summed E-state index contributed by atoms with van der Waals surface area (Å²) >= 11 is 0. The lowest BCUT2D eigenvalue weighted by atomic mass is 10.3. The minimum Gasteiger partial charge on any atom is -0.383 e. The zero-order valence-electron chi connectivity index (χ0n) is 10.3. The van der Waals surface area contributed by atoms with Crippen LogP contribution in [0.5, 0.6) is 0 Å². The van der Waals surface area contributed by atoms with Crippen LogP contribution in [0.2, 0.25) is 0 Å². The molecule has 0 saturated heterocycles. The average Bonchev–Trinajstić information content (AvgIpc) is 2.61. The van der Waals surface area contributed by atoms with Gasteiger partial charge < -0.3 is 10.1 Å². The Hall–Kier alpha value is -1.07. The van der Waals surface area contributed by atoms with Crippen LogP contribution in [0.4, 0.5) is 0 Å². The maximum absolute atomic E-state index is 11.8. The predicted octanol–water partition coefficient (Wildman–Crippen LogP) is 0.294. The Bertz CT molecular complexity index is 350. The molecule has 1 heterocycles. The number of ether oxygens (including phenoxy) is 1. The Labute approximate surface area is 96.0 Å². The average molecular weight is 227 g/mol. The number of nitrogens with zero attached hydrogens (tertiary/aromatic N) is 2.